The maximum absolute atomic E-state index is 12.0. The Bertz CT molecular complexity index is 625. The summed E-state index contributed by atoms with van der Waals surface area (Å²) in [5.41, 5.74) is 0.796. The van der Waals surface area contributed by atoms with Gasteiger partial charge in [-0.05, 0) is 24.3 Å². The second-order valence-electron chi connectivity index (χ2n) is 3.81. The van der Waals surface area contributed by atoms with Crippen LogP contribution in [-0.2, 0) is 0 Å². The Morgan fingerprint density at radius 2 is 1.95 bits per heavy atom. The molecule has 0 aliphatic rings. The molecule has 0 unspecified atom stereocenters. The molecule has 1 aromatic carbocycles. The van der Waals surface area contributed by atoms with Crippen LogP contribution in [0.25, 0.3) is 0 Å². The van der Waals surface area contributed by atoms with E-state index in [1.165, 1.54) is 42.6 Å². The lowest BCUT2D eigenvalue weighted by molar-refractivity contribution is -0.274. The van der Waals surface area contributed by atoms with Crippen molar-refractivity contribution in [2.24, 2.45) is 0 Å². The number of thiazole rings is 1. The lowest BCUT2D eigenvalue weighted by atomic mass is 10.3. The van der Waals surface area contributed by atoms with Crippen molar-refractivity contribution < 1.29 is 22.7 Å². The van der Waals surface area contributed by atoms with Gasteiger partial charge in [-0.1, -0.05) is 0 Å². The molecule has 2 rings (SSSR count). The fraction of sp³-hybridized carbons (Fsp3) is 0.167. The molecule has 112 valence electrons. The highest BCUT2D eigenvalue weighted by atomic mass is 32.1. The summed E-state index contributed by atoms with van der Waals surface area (Å²) in [7, 11) is 1.49. The summed E-state index contributed by atoms with van der Waals surface area (Å²) in [6.45, 7) is 0. The van der Waals surface area contributed by atoms with Crippen LogP contribution in [0.3, 0.4) is 0 Å². The van der Waals surface area contributed by atoms with Crippen LogP contribution in [0.2, 0.25) is 0 Å². The summed E-state index contributed by atoms with van der Waals surface area (Å²) in [4.78, 5) is 15.4. The minimum Gasteiger partial charge on any atom is -0.406 e. The number of nitrogens with zero attached hydrogens (tertiary/aromatic N) is 1. The van der Waals surface area contributed by atoms with Gasteiger partial charge >= 0.3 is 6.36 Å². The zero-order valence-electron chi connectivity index (χ0n) is 10.7. The molecule has 0 aliphatic heterocycles. The van der Waals surface area contributed by atoms with Crippen molar-refractivity contribution in [3.8, 4) is 5.75 Å². The molecule has 0 saturated heterocycles. The van der Waals surface area contributed by atoms with Gasteiger partial charge < -0.3 is 15.4 Å². The number of rotatable bonds is 4. The monoisotopic (exact) mass is 317 g/mol. The lowest BCUT2D eigenvalue weighted by Crippen LogP contribution is -2.18. The van der Waals surface area contributed by atoms with Crippen molar-refractivity contribution in [2.45, 2.75) is 6.36 Å². The Balaban J connectivity index is 2.03. The van der Waals surface area contributed by atoms with Crippen molar-refractivity contribution in [3.05, 3.63) is 35.3 Å². The first kappa shape index (κ1) is 15.1. The quantitative estimate of drug-likeness (QED) is 0.909. The van der Waals surface area contributed by atoms with Crippen molar-refractivity contribution in [2.75, 3.05) is 12.4 Å². The molecule has 1 amide bonds. The number of carbonyl (C=O) groups is 1. The number of anilines is 2. The molecule has 2 N–H and O–H groups in total. The molecule has 9 heteroatoms. The first-order chi connectivity index (χ1) is 9.87. The Morgan fingerprint density at radius 1 is 1.29 bits per heavy atom. The molecule has 0 spiro atoms. The minimum atomic E-state index is -4.72. The van der Waals surface area contributed by atoms with Crippen molar-refractivity contribution in [3.63, 3.8) is 0 Å². The van der Waals surface area contributed by atoms with Crippen molar-refractivity contribution in [1.82, 2.24) is 10.3 Å². The largest absolute Gasteiger partial charge is 0.573 e. The van der Waals surface area contributed by atoms with E-state index >= 15 is 0 Å². The van der Waals surface area contributed by atoms with Gasteiger partial charge in [-0.3, -0.25) is 4.79 Å². The summed E-state index contributed by atoms with van der Waals surface area (Å²) in [6, 6.07) is 5.20. The van der Waals surface area contributed by atoms with E-state index in [0.717, 1.165) is 0 Å². The molecule has 5 nitrogen and oxygen atoms in total. The number of halogens is 3. The van der Waals surface area contributed by atoms with Crippen LogP contribution in [-0.4, -0.2) is 24.3 Å². The number of nitrogens with one attached hydrogen (secondary N) is 2. The van der Waals surface area contributed by atoms with Crippen LogP contribution >= 0.6 is 11.3 Å². The van der Waals surface area contributed by atoms with Crippen LogP contribution in [0, 0.1) is 0 Å². The molecule has 0 atom stereocenters. The van der Waals surface area contributed by atoms with Crippen molar-refractivity contribution in [1.29, 1.82) is 0 Å². The van der Waals surface area contributed by atoms with Crippen LogP contribution in [0.4, 0.5) is 24.0 Å². The predicted octanol–water partition coefficient (Wildman–Crippen LogP) is 3.14. The van der Waals surface area contributed by atoms with Crippen LogP contribution < -0.4 is 15.4 Å². The van der Waals surface area contributed by atoms with Gasteiger partial charge in [-0.2, -0.15) is 0 Å². The van der Waals surface area contributed by atoms with Gasteiger partial charge in [-0.25, -0.2) is 4.98 Å². The fourth-order valence-corrected chi connectivity index (χ4v) is 2.14. The van der Waals surface area contributed by atoms with E-state index in [-0.39, 0.29) is 17.4 Å². The average Bonchev–Trinajstić information content (AvgIpc) is 2.87. The minimum absolute atomic E-state index is 0.266. The van der Waals surface area contributed by atoms with E-state index in [9.17, 15) is 18.0 Å². The molecule has 2 aromatic rings. The summed E-state index contributed by atoms with van der Waals surface area (Å²) in [6.07, 6.45) is -4.72. The van der Waals surface area contributed by atoms with Gasteiger partial charge in [0.05, 0.1) is 0 Å². The van der Waals surface area contributed by atoms with Crippen LogP contribution in [0.15, 0.2) is 29.6 Å². The van der Waals surface area contributed by atoms with E-state index < -0.39 is 6.36 Å². The van der Waals surface area contributed by atoms with E-state index in [1.807, 2.05) is 0 Å². The number of hydrogen-bond donors (Lipinski definition) is 2. The van der Waals surface area contributed by atoms with E-state index in [2.05, 4.69) is 20.4 Å². The molecule has 0 bridgehead atoms. The van der Waals surface area contributed by atoms with Gasteiger partial charge in [0, 0.05) is 18.1 Å². The third-order valence-electron chi connectivity index (χ3n) is 2.30. The average molecular weight is 317 g/mol. The Labute approximate surface area is 121 Å². The highest BCUT2D eigenvalue weighted by Gasteiger charge is 2.30. The highest BCUT2D eigenvalue weighted by Crippen LogP contribution is 2.26. The smallest absolute Gasteiger partial charge is 0.406 e. The van der Waals surface area contributed by atoms with Crippen LogP contribution in [0.1, 0.15) is 10.5 Å². The number of amides is 1. The van der Waals surface area contributed by atoms with Gasteiger partial charge in [0.2, 0.25) is 0 Å². The summed E-state index contributed by atoms with van der Waals surface area (Å²) >= 11 is 1.21. The normalized spacial score (nSPS) is 11.0. The second kappa shape index (κ2) is 6.00. The van der Waals surface area contributed by atoms with Gasteiger partial charge in [0.25, 0.3) is 5.91 Å². The molecule has 0 radical (unpaired) electrons. The molecular weight excluding hydrogens is 307 g/mol. The molecule has 0 saturated carbocycles. The third kappa shape index (κ3) is 4.35. The number of carbonyl (C=O) groups excluding carboxylic acids is 1. The molecule has 0 fully saturated rings. The standard InChI is InChI=1S/C12H10F3N3O2S/c1-16-10(19)9-6-21-11(18-9)17-7-2-4-8(5-3-7)20-12(13,14)15/h2-6H,1H3,(H,16,19)(H,17,18). The van der Waals surface area contributed by atoms with E-state index in [4.69, 9.17) is 0 Å². The molecular formula is C12H10F3N3O2S. The maximum atomic E-state index is 12.0. The number of alkyl halides is 3. The Hall–Kier alpha value is -2.29. The van der Waals surface area contributed by atoms with E-state index in [0.29, 0.717) is 10.8 Å². The molecule has 0 aliphatic carbocycles. The van der Waals surface area contributed by atoms with Gasteiger partial charge in [-0.15, -0.1) is 24.5 Å². The Morgan fingerprint density at radius 3 is 2.52 bits per heavy atom. The lowest BCUT2D eigenvalue weighted by Gasteiger charge is -2.09. The van der Waals surface area contributed by atoms with Crippen LogP contribution in [0.5, 0.6) is 5.75 Å². The topological polar surface area (TPSA) is 63.2 Å². The number of ether oxygens (including phenoxy) is 1. The van der Waals surface area contributed by atoms with Crippen molar-refractivity contribution >= 4 is 28.1 Å². The SMILES string of the molecule is CNC(=O)c1csc(Nc2ccc(OC(F)(F)F)cc2)n1. The first-order valence-corrected chi connectivity index (χ1v) is 6.56. The number of benzene rings is 1. The predicted molar refractivity (Wildman–Crippen MR) is 71.9 cm³/mol. The summed E-state index contributed by atoms with van der Waals surface area (Å²) in [5, 5.41) is 7.35. The number of aromatic nitrogens is 1. The maximum Gasteiger partial charge on any atom is 0.573 e. The first-order valence-electron chi connectivity index (χ1n) is 5.68. The van der Waals surface area contributed by atoms with E-state index in [1.54, 1.807) is 5.38 Å². The zero-order chi connectivity index (χ0) is 15.5. The molecule has 1 heterocycles. The molecule has 21 heavy (non-hydrogen) atoms. The summed E-state index contributed by atoms with van der Waals surface area (Å²) in [5.74, 6) is -0.619. The van der Waals surface area contributed by atoms with Gasteiger partial charge in [0.15, 0.2) is 5.13 Å². The second-order valence-corrected chi connectivity index (χ2v) is 4.67. The molecule has 1 aromatic heterocycles. The fourth-order valence-electron chi connectivity index (χ4n) is 1.43. The van der Waals surface area contributed by atoms with Gasteiger partial charge in [0.1, 0.15) is 11.4 Å². The zero-order valence-corrected chi connectivity index (χ0v) is 11.5. The highest BCUT2D eigenvalue weighted by molar-refractivity contribution is 7.14. The number of hydrogen-bond acceptors (Lipinski definition) is 5. The third-order valence-corrected chi connectivity index (χ3v) is 3.06. The summed E-state index contributed by atoms with van der Waals surface area (Å²) < 4.78 is 39.8. The Kier molecular flexibility index (Phi) is 4.32.